The monoisotopic (exact) mass is 456 g/mol. The summed E-state index contributed by atoms with van der Waals surface area (Å²) in [5.74, 6) is 3.59. The number of hydrogen-bond acceptors (Lipinski definition) is 2. The van der Waals surface area contributed by atoms with Crippen LogP contribution in [0.5, 0.6) is 0 Å². The Kier molecular flexibility index (Phi) is 7.88. The van der Waals surface area contributed by atoms with Gasteiger partial charge in [-0.3, -0.25) is 0 Å². The van der Waals surface area contributed by atoms with Gasteiger partial charge in [-0.15, -0.1) is 19.4 Å². The van der Waals surface area contributed by atoms with Crippen molar-refractivity contribution in [2.24, 2.45) is 51.2 Å². The van der Waals surface area contributed by atoms with Crippen LogP contribution >= 0.6 is 0 Å². The quantitative estimate of drug-likeness (QED) is 0.322. The molecule has 5 aliphatic rings. The number of aliphatic hydroxyl groups is 2. The molecule has 5 rings (SSSR count). The molecule has 10 atom stereocenters. The molecular weight excluding hydrogens is 404 g/mol. The summed E-state index contributed by atoms with van der Waals surface area (Å²) in [5, 5.41) is 20.9. The van der Waals surface area contributed by atoms with Gasteiger partial charge in [-0.05, 0) is 122 Å². The third kappa shape index (κ3) is 3.76. The van der Waals surface area contributed by atoms with Crippen molar-refractivity contribution in [3.63, 3.8) is 0 Å². The summed E-state index contributed by atoms with van der Waals surface area (Å²) in [6.45, 7) is 16.0. The highest BCUT2D eigenvalue weighted by Crippen LogP contribution is 2.75. The van der Waals surface area contributed by atoms with Crippen molar-refractivity contribution in [2.45, 2.75) is 111 Å². The Morgan fingerprint density at radius 2 is 1.52 bits per heavy atom. The van der Waals surface area contributed by atoms with Crippen molar-refractivity contribution >= 4 is 0 Å². The molecule has 33 heavy (non-hydrogen) atoms. The normalized spacial score (nSPS) is 52.3. The van der Waals surface area contributed by atoms with Crippen molar-refractivity contribution < 1.29 is 10.2 Å². The second kappa shape index (κ2) is 9.70. The molecule has 0 radical (unpaired) electrons. The summed E-state index contributed by atoms with van der Waals surface area (Å²) in [7, 11) is 0. The smallest absolute Gasteiger partial charge is 0.0568 e. The van der Waals surface area contributed by atoms with Gasteiger partial charge in [0, 0.05) is 6.61 Å². The van der Waals surface area contributed by atoms with Gasteiger partial charge < -0.3 is 10.2 Å². The molecule has 0 bridgehead atoms. The molecule has 0 heterocycles. The maximum atomic E-state index is 10.6. The van der Waals surface area contributed by atoms with Crippen molar-refractivity contribution in [2.75, 3.05) is 6.61 Å². The van der Waals surface area contributed by atoms with E-state index in [2.05, 4.69) is 47.1 Å². The first-order valence-electron chi connectivity index (χ1n) is 13.8. The summed E-state index contributed by atoms with van der Waals surface area (Å²) in [6.07, 6.45) is 24.0. The van der Waals surface area contributed by atoms with Gasteiger partial charge >= 0.3 is 0 Å². The van der Waals surface area contributed by atoms with Crippen LogP contribution in [0.25, 0.3) is 0 Å². The highest BCUT2D eigenvalue weighted by molar-refractivity contribution is 5.17. The minimum Gasteiger partial charge on any atom is -0.396 e. The zero-order valence-corrected chi connectivity index (χ0v) is 22.3. The van der Waals surface area contributed by atoms with Gasteiger partial charge in [-0.1, -0.05) is 40.2 Å². The minimum atomic E-state index is -0.0762. The van der Waals surface area contributed by atoms with Crippen LogP contribution in [0, 0.1) is 64.1 Å². The Bertz CT molecular complexity index is 713. The van der Waals surface area contributed by atoms with Crippen molar-refractivity contribution in [1.29, 1.82) is 0 Å². The van der Waals surface area contributed by atoms with Crippen LogP contribution in [0.15, 0.2) is 12.7 Å². The molecular formula is C31H52O2. The molecule has 188 valence electrons. The topological polar surface area (TPSA) is 40.5 Å². The molecule has 2 heteroatoms. The van der Waals surface area contributed by atoms with E-state index in [1.54, 1.807) is 6.08 Å². The van der Waals surface area contributed by atoms with Crippen molar-refractivity contribution in [3.05, 3.63) is 12.7 Å². The molecule has 5 saturated carbocycles. The lowest BCUT2D eigenvalue weighted by Gasteiger charge is -2.71. The average Bonchev–Trinajstić information content (AvgIpc) is 3.24. The fourth-order valence-corrected chi connectivity index (χ4v) is 10.6. The molecule has 5 aliphatic carbocycles. The van der Waals surface area contributed by atoms with E-state index in [4.69, 9.17) is 0 Å². The maximum absolute atomic E-state index is 10.6. The lowest BCUT2D eigenvalue weighted by atomic mass is 9.33. The van der Waals surface area contributed by atoms with E-state index in [1.165, 1.54) is 64.2 Å². The molecule has 0 aliphatic heterocycles. The fraction of sp³-hybridized carbons (Fsp3) is 0.871. The van der Waals surface area contributed by atoms with Crippen LogP contribution in [0.2, 0.25) is 0 Å². The highest BCUT2D eigenvalue weighted by Gasteiger charge is 2.68. The van der Waals surface area contributed by atoms with Crippen LogP contribution < -0.4 is 0 Å². The lowest BCUT2D eigenvalue weighted by molar-refractivity contribution is -0.235. The Labute approximate surface area is 205 Å². The molecule has 2 N–H and O–H groups in total. The average molecular weight is 457 g/mol. The zero-order valence-electron chi connectivity index (χ0n) is 22.3. The van der Waals surface area contributed by atoms with E-state index in [0.29, 0.717) is 34.7 Å². The van der Waals surface area contributed by atoms with Gasteiger partial charge in [-0.25, -0.2) is 0 Å². The Morgan fingerprint density at radius 3 is 2.15 bits per heavy atom. The standard InChI is InChI=1S/C26H44O2.C3H6.C2H2/c1-17-18-9-13-25(4)22(23(18,2)12-10-21(17)28)8-7-19-20-6-5-11-26(20,16-27)15-14-24(19,25)3;1-3-2;1-2/h17-22,27-28H,5-16H2,1-4H3;3H,1H2,2H3;1-2H/t17-,18?,19?,20?,21-,22?,23-,24+,25+,26+;;/m0../s1. The molecule has 5 fully saturated rings. The van der Waals surface area contributed by atoms with Crippen molar-refractivity contribution in [3.8, 4) is 12.8 Å². The number of fused-ring (bicyclic) bond motifs is 7. The van der Waals surface area contributed by atoms with Gasteiger partial charge in [0.05, 0.1) is 6.10 Å². The largest absolute Gasteiger partial charge is 0.396 e. The fourth-order valence-electron chi connectivity index (χ4n) is 10.6. The number of allylic oxidation sites excluding steroid dienone is 1. The van der Waals surface area contributed by atoms with Gasteiger partial charge in [0.1, 0.15) is 0 Å². The molecule has 2 nitrogen and oxygen atoms in total. The van der Waals surface area contributed by atoms with E-state index in [9.17, 15) is 10.2 Å². The van der Waals surface area contributed by atoms with Crippen LogP contribution in [0.1, 0.15) is 105 Å². The number of aliphatic hydroxyl groups excluding tert-OH is 2. The third-order valence-corrected chi connectivity index (χ3v) is 12.4. The lowest BCUT2D eigenvalue weighted by Crippen LogP contribution is -2.65. The van der Waals surface area contributed by atoms with E-state index in [1.807, 2.05) is 6.92 Å². The molecule has 0 aromatic carbocycles. The van der Waals surface area contributed by atoms with Crippen LogP contribution in [0.4, 0.5) is 0 Å². The Balaban J connectivity index is 0.000000569. The van der Waals surface area contributed by atoms with Gasteiger partial charge in [0.2, 0.25) is 0 Å². The molecule has 0 aromatic rings. The van der Waals surface area contributed by atoms with E-state index >= 15 is 0 Å². The molecule has 0 spiro atoms. The summed E-state index contributed by atoms with van der Waals surface area (Å²) >= 11 is 0. The summed E-state index contributed by atoms with van der Waals surface area (Å²) in [4.78, 5) is 0. The summed E-state index contributed by atoms with van der Waals surface area (Å²) in [6, 6.07) is 0. The van der Waals surface area contributed by atoms with Crippen LogP contribution in [-0.2, 0) is 0 Å². The summed E-state index contributed by atoms with van der Waals surface area (Å²) < 4.78 is 0. The van der Waals surface area contributed by atoms with E-state index < -0.39 is 0 Å². The SMILES string of the molecule is C#C.C=CC.C[C@H]1C2CC[C@]3(C)C(CCC4C5CCC[C@]5(CO)CC[C@]43C)[C@@]2(C)CC[C@@H]1O. The first kappa shape index (κ1) is 26.8. The highest BCUT2D eigenvalue weighted by atomic mass is 16.3. The minimum absolute atomic E-state index is 0.0762. The second-order valence-corrected chi connectivity index (χ2v) is 13.1. The Morgan fingerprint density at radius 1 is 0.848 bits per heavy atom. The predicted octanol–water partition coefficient (Wildman–Crippen LogP) is 7.25. The summed E-state index contributed by atoms with van der Waals surface area (Å²) in [5.41, 5.74) is 1.56. The van der Waals surface area contributed by atoms with Crippen molar-refractivity contribution in [1.82, 2.24) is 0 Å². The van der Waals surface area contributed by atoms with Crippen LogP contribution in [-0.4, -0.2) is 22.9 Å². The van der Waals surface area contributed by atoms with E-state index in [-0.39, 0.29) is 11.5 Å². The van der Waals surface area contributed by atoms with Gasteiger partial charge in [0.15, 0.2) is 0 Å². The second-order valence-electron chi connectivity index (χ2n) is 13.1. The molecule has 0 aromatic heterocycles. The van der Waals surface area contributed by atoms with Crippen LogP contribution in [0.3, 0.4) is 0 Å². The molecule has 4 unspecified atom stereocenters. The first-order chi connectivity index (χ1) is 15.6. The molecule has 0 saturated heterocycles. The van der Waals surface area contributed by atoms with E-state index in [0.717, 1.165) is 24.2 Å². The Hall–Kier alpha value is -0.780. The zero-order chi connectivity index (χ0) is 24.7. The van der Waals surface area contributed by atoms with Gasteiger partial charge in [-0.2, -0.15) is 0 Å². The number of rotatable bonds is 1. The van der Waals surface area contributed by atoms with Gasteiger partial charge in [0.25, 0.3) is 0 Å². The molecule has 0 amide bonds. The predicted molar refractivity (Wildman–Crippen MR) is 140 cm³/mol. The first-order valence-corrected chi connectivity index (χ1v) is 13.8. The number of terminal acetylenes is 1. The third-order valence-electron chi connectivity index (χ3n) is 12.4. The number of hydrogen-bond donors (Lipinski definition) is 2. The maximum Gasteiger partial charge on any atom is 0.0568 e.